The van der Waals surface area contributed by atoms with E-state index in [1.807, 2.05) is 0 Å². The molecule has 0 unspecified atom stereocenters. The van der Waals surface area contributed by atoms with Crippen molar-refractivity contribution >= 4 is 10.0 Å². The molecule has 0 spiro atoms. The minimum Gasteiger partial charge on any atom is -0.388 e. The standard InChI is InChI=1S/C10H17N3O4S/c1-13(8-10(14)3-6-17-7-4-10)18(15,16)9-2-5-11-12-9/h2,5,14H,3-4,6-8H2,1H3,(H,11,12). The Bertz CT molecular complexity index is 479. The second kappa shape index (κ2) is 4.96. The number of aromatic amines is 1. The minimum absolute atomic E-state index is 0.0284. The third-order valence-corrected chi connectivity index (χ3v) is 4.84. The molecule has 7 nitrogen and oxygen atoms in total. The van der Waals surface area contributed by atoms with E-state index in [1.165, 1.54) is 19.3 Å². The monoisotopic (exact) mass is 275 g/mol. The molecule has 1 aromatic rings. The van der Waals surface area contributed by atoms with Gasteiger partial charge in [-0.3, -0.25) is 5.10 Å². The molecular weight excluding hydrogens is 258 g/mol. The van der Waals surface area contributed by atoms with Gasteiger partial charge in [0.2, 0.25) is 0 Å². The third-order valence-electron chi connectivity index (χ3n) is 3.10. The molecular formula is C10H17N3O4S. The van der Waals surface area contributed by atoms with Crippen LogP contribution in [0.4, 0.5) is 0 Å². The van der Waals surface area contributed by atoms with Crippen molar-refractivity contribution in [2.45, 2.75) is 23.5 Å². The van der Waals surface area contributed by atoms with E-state index in [1.54, 1.807) is 0 Å². The Kier molecular flexibility index (Phi) is 3.71. The van der Waals surface area contributed by atoms with Gasteiger partial charge in [-0.25, -0.2) is 8.42 Å². The quantitative estimate of drug-likeness (QED) is 0.777. The molecule has 0 aliphatic carbocycles. The number of hydrogen-bond acceptors (Lipinski definition) is 5. The third kappa shape index (κ3) is 2.72. The number of aliphatic hydroxyl groups is 1. The summed E-state index contributed by atoms with van der Waals surface area (Å²) in [7, 11) is -2.17. The van der Waals surface area contributed by atoms with Crippen LogP contribution in [-0.4, -0.2) is 60.4 Å². The zero-order chi connectivity index (χ0) is 13.2. The number of likely N-dealkylation sites (N-methyl/N-ethyl adjacent to an activating group) is 1. The summed E-state index contributed by atoms with van der Waals surface area (Å²) in [6, 6.07) is 1.39. The molecule has 2 heterocycles. The van der Waals surface area contributed by atoms with Gasteiger partial charge in [-0.1, -0.05) is 0 Å². The Morgan fingerprint density at radius 2 is 2.22 bits per heavy atom. The lowest BCUT2D eigenvalue weighted by Gasteiger charge is -2.34. The van der Waals surface area contributed by atoms with Gasteiger partial charge in [-0.05, 0) is 6.07 Å². The average Bonchev–Trinajstić information content (AvgIpc) is 2.83. The van der Waals surface area contributed by atoms with Crippen molar-refractivity contribution in [1.82, 2.24) is 14.5 Å². The average molecular weight is 275 g/mol. The Hall–Kier alpha value is -0.960. The molecule has 1 aromatic heterocycles. The zero-order valence-corrected chi connectivity index (χ0v) is 11.0. The fraction of sp³-hybridized carbons (Fsp3) is 0.700. The van der Waals surface area contributed by atoms with Crippen LogP contribution in [0.3, 0.4) is 0 Å². The van der Waals surface area contributed by atoms with Crippen LogP contribution in [0.2, 0.25) is 0 Å². The highest BCUT2D eigenvalue weighted by Gasteiger charge is 2.35. The van der Waals surface area contributed by atoms with Gasteiger partial charge in [-0.15, -0.1) is 0 Å². The first kappa shape index (κ1) is 13.5. The number of H-pyrrole nitrogens is 1. The van der Waals surface area contributed by atoms with Gasteiger partial charge >= 0.3 is 0 Å². The van der Waals surface area contributed by atoms with E-state index in [-0.39, 0.29) is 11.6 Å². The zero-order valence-electron chi connectivity index (χ0n) is 10.2. The Morgan fingerprint density at radius 3 is 2.78 bits per heavy atom. The summed E-state index contributed by atoms with van der Waals surface area (Å²) < 4.78 is 30.5. The van der Waals surface area contributed by atoms with Crippen LogP contribution >= 0.6 is 0 Å². The van der Waals surface area contributed by atoms with E-state index in [4.69, 9.17) is 4.74 Å². The highest BCUT2D eigenvalue weighted by molar-refractivity contribution is 7.89. The lowest BCUT2D eigenvalue weighted by molar-refractivity contribution is -0.0689. The fourth-order valence-electron chi connectivity index (χ4n) is 1.96. The first-order valence-corrected chi connectivity index (χ1v) is 7.14. The largest absolute Gasteiger partial charge is 0.388 e. The summed E-state index contributed by atoms with van der Waals surface area (Å²) in [6.07, 6.45) is 2.26. The molecule has 0 aromatic carbocycles. The topological polar surface area (TPSA) is 95.5 Å². The molecule has 0 saturated carbocycles. The van der Waals surface area contributed by atoms with Crippen LogP contribution in [0.5, 0.6) is 0 Å². The number of rotatable bonds is 4. The molecule has 102 valence electrons. The molecule has 1 aliphatic rings. The second-order valence-corrected chi connectivity index (χ2v) is 6.53. The van der Waals surface area contributed by atoms with Gasteiger partial charge in [0.1, 0.15) is 0 Å². The van der Waals surface area contributed by atoms with E-state index in [2.05, 4.69) is 10.2 Å². The van der Waals surface area contributed by atoms with E-state index in [0.29, 0.717) is 26.1 Å². The van der Waals surface area contributed by atoms with Crippen molar-refractivity contribution in [3.8, 4) is 0 Å². The normalized spacial score (nSPS) is 20.2. The molecule has 0 bridgehead atoms. The molecule has 1 saturated heterocycles. The molecule has 1 fully saturated rings. The molecule has 18 heavy (non-hydrogen) atoms. The van der Waals surface area contributed by atoms with E-state index >= 15 is 0 Å². The van der Waals surface area contributed by atoms with Crippen LogP contribution in [0, 0.1) is 0 Å². The predicted octanol–water partition coefficient (Wildman–Crippen LogP) is -0.428. The van der Waals surface area contributed by atoms with Gasteiger partial charge in [0.05, 0.1) is 11.8 Å². The van der Waals surface area contributed by atoms with Gasteiger partial charge < -0.3 is 9.84 Å². The first-order valence-electron chi connectivity index (χ1n) is 5.70. The summed E-state index contributed by atoms with van der Waals surface area (Å²) in [5.74, 6) is 0. The maximum absolute atomic E-state index is 12.1. The number of nitrogens with one attached hydrogen (secondary N) is 1. The Balaban J connectivity index is 2.10. The summed E-state index contributed by atoms with van der Waals surface area (Å²) >= 11 is 0. The summed E-state index contributed by atoms with van der Waals surface area (Å²) in [5, 5.41) is 16.4. The predicted molar refractivity (Wildman–Crippen MR) is 63.4 cm³/mol. The van der Waals surface area contributed by atoms with E-state index in [0.717, 1.165) is 4.31 Å². The van der Waals surface area contributed by atoms with Crippen molar-refractivity contribution in [2.75, 3.05) is 26.8 Å². The van der Waals surface area contributed by atoms with Gasteiger partial charge in [-0.2, -0.15) is 9.40 Å². The van der Waals surface area contributed by atoms with E-state index in [9.17, 15) is 13.5 Å². The van der Waals surface area contributed by atoms with Crippen LogP contribution < -0.4 is 0 Å². The number of nitrogens with zero attached hydrogens (tertiary/aromatic N) is 2. The summed E-state index contributed by atoms with van der Waals surface area (Å²) in [6.45, 7) is 0.959. The highest BCUT2D eigenvalue weighted by Crippen LogP contribution is 2.23. The number of sulfonamides is 1. The lowest BCUT2D eigenvalue weighted by Crippen LogP contribution is -2.47. The second-order valence-electron chi connectivity index (χ2n) is 4.52. The molecule has 0 amide bonds. The first-order chi connectivity index (χ1) is 8.44. The fourth-order valence-corrected chi connectivity index (χ4v) is 3.11. The Labute approximate surface area is 106 Å². The minimum atomic E-state index is -3.62. The number of ether oxygens (including phenoxy) is 1. The van der Waals surface area contributed by atoms with Crippen LogP contribution in [0.15, 0.2) is 17.3 Å². The highest BCUT2D eigenvalue weighted by atomic mass is 32.2. The number of hydrogen-bond donors (Lipinski definition) is 2. The molecule has 0 radical (unpaired) electrons. The lowest BCUT2D eigenvalue weighted by atomic mass is 9.95. The van der Waals surface area contributed by atoms with Crippen LogP contribution in [0.25, 0.3) is 0 Å². The SMILES string of the molecule is CN(CC1(O)CCOCC1)S(=O)(=O)c1ccn[nH]1. The molecule has 0 atom stereocenters. The smallest absolute Gasteiger partial charge is 0.259 e. The summed E-state index contributed by atoms with van der Waals surface area (Å²) in [4.78, 5) is 0. The molecule has 1 aliphatic heterocycles. The van der Waals surface area contributed by atoms with Crippen molar-refractivity contribution < 1.29 is 18.3 Å². The van der Waals surface area contributed by atoms with E-state index < -0.39 is 15.6 Å². The van der Waals surface area contributed by atoms with Gasteiger partial charge in [0, 0.05) is 39.6 Å². The number of aromatic nitrogens is 2. The molecule has 2 N–H and O–H groups in total. The van der Waals surface area contributed by atoms with Crippen LogP contribution in [0.1, 0.15) is 12.8 Å². The van der Waals surface area contributed by atoms with Gasteiger partial charge in [0.25, 0.3) is 10.0 Å². The summed E-state index contributed by atoms with van der Waals surface area (Å²) in [5.41, 5.74) is -1.01. The van der Waals surface area contributed by atoms with Crippen molar-refractivity contribution in [1.29, 1.82) is 0 Å². The Morgan fingerprint density at radius 1 is 1.56 bits per heavy atom. The maximum Gasteiger partial charge on any atom is 0.259 e. The van der Waals surface area contributed by atoms with Crippen molar-refractivity contribution in [3.63, 3.8) is 0 Å². The molecule has 2 rings (SSSR count). The maximum atomic E-state index is 12.1. The van der Waals surface area contributed by atoms with Crippen molar-refractivity contribution in [3.05, 3.63) is 12.3 Å². The molecule has 8 heteroatoms. The van der Waals surface area contributed by atoms with Crippen molar-refractivity contribution in [2.24, 2.45) is 0 Å². The van der Waals surface area contributed by atoms with Gasteiger partial charge in [0.15, 0.2) is 5.03 Å². The van der Waals surface area contributed by atoms with Crippen LogP contribution in [-0.2, 0) is 14.8 Å².